The number of nitrogens with one attached hydrogen (secondary N) is 1. The molecule has 1 rings (SSSR count). The van der Waals surface area contributed by atoms with Crippen molar-refractivity contribution in [2.45, 2.75) is 32.7 Å². The van der Waals surface area contributed by atoms with Gasteiger partial charge in [0.1, 0.15) is 0 Å². The van der Waals surface area contributed by atoms with E-state index in [2.05, 4.69) is 37.0 Å². The van der Waals surface area contributed by atoms with Gasteiger partial charge in [-0.25, -0.2) is 0 Å². The lowest BCUT2D eigenvalue weighted by Crippen LogP contribution is -2.26. The van der Waals surface area contributed by atoms with Gasteiger partial charge in [0.25, 0.3) is 0 Å². The van der Waals surface area contributed by atoms with E-state index in [0.29, 0.717) is 6.04 Å². The Bertz CT molecular complexity index is 236. The van der Waals surface area contributed by atoms with Gasteiger partial charge in [-0.15, -0.1) is 0 Å². The molecule has 0 amide bonds. The number of allylic oxidation sites excluding steroid dienone is 3. The van der Waals surface area contributed by atoms with E-state index in [0.717, 1.165) is 6.54 Å². The zero-order valence-corrected chi connectivity index (χ0v) is 8.64. The molecule has 1 heteroatoms. The average molecular weight is 177 g/mol. The summed E-state index contributed by atoms with van der Waals surface area (Å²) >= 11 is 0. The molecule has 1 atom stereocenters. The zero-order valence-electron chi connectivity index (χ0n) is 8.64. The lowest BCUT2D eigenvalue weighted by molar-refractivity contribution is 0.600. The Kier molecular flexibility index (Phi) is 3.97. The molecule has 0 radical (unpaired) electrons. The van der Waals surface area contributed by atoms with Crippen molar-refractivity contribution in [3.63, 3.8) is 0 Å². The van der Waals surface area contributed by atoms with Crippen LogP contribution in [0.3, 0.4) is 0 Å². The highest BCUT2D eigenvalue weighted by Gasteiger charge is 2.21. The Labute approximate surface area is 81.2 Å². The fraction of sp³-hybridized carbons (Fsp3) is 0.500. The third kappa shape index (κ3) is 2.56. The molecular formula is C12H19N. The molecule has 0 spiro atoms. The molecule has 13 heavy (non-hydrogen) atoms. The molecule has 1 saturated carbocycles. The first kappa shape index (κ1) is 10.3. The molecule has 1 nitrogen and oxygen atoms in total. The summed E-state index contributed by atoms with van der Waals surface area (Å²) < 4.78 is 0. The van der Waals surface area contributed by atoms with Crippen LogP contribution in [-0.2, 0) is 0 Å². The normalized spacial score (nSPS) is 26.5. The number of likely N-dealkylation sites (N-methyl/N-ethyl adjacent to an activating group) is 1. The molecule has 1 N–H and O–H groups in total. The molecule has 0 bridgehead atoms. The van der Waals surface area contributed by atoms with Gasteiger partial charge >= 0.3 is 0 Å². The Morgan fingerprint density at radius 3 is 3.00 bits per heavy atom. The highest BCUT2D eigenvalue weighted by atomic mass is 14.9. The van der Waals surface area contributed by atoms with Crippen LogP contribution in [0, 0.1) is 0 Å². The SMILES string of the molecule is C=C1C(=CC=CC)CCC1NCC. The lowest BCUT2D eigenvalue weighted by Gasteiger charge is -2.10. The molecule has 0 aromatic heterocycles. The van der Waals surface area contributed by atoms with Crippen LogP contribution in [0.15, 0.2) is 36.0 Å². The van der Waals surface area contributed by atoms with Gasteiger partial charge in [-0.3, -0.25) is 0 Å². The van der Waals surface area contributed by atoms with Crippen molar-refractivity contribution in [2.24, 2.45) is 0 Å². The third-order valence-electron chi connectivity index (χ3n) is 2.48. The van der Waals surface area contributed by atoms with Crippen LogP contribution in [0.2, 0.25) is 0 Å². The predicted molar refractivity (Wildman–Crippen MR) is 58.7 cm³/mol. The van der Waals surface area contributed by atoms with Crippen LogP contribution in [0.1, 0.15) is 26.7 Å². The second kappa shape index (κ2) is 5.03. The topological polar surface area (TPSA) is 12.0 Å². The van der Waals surface area contributed by atoms with Crippen LogP contribution in [0.4, 0.5) is 0 Å². The molecule has 1 unspecified atom stereocenters. The summed E-state index contributed by atoms with van der Waals surface area (Å²) in [5.74, 6) is 0. The van der Waals surface area contributed by atoms with E-state index in [1.54, 1.807) is 0 Å². The third-order valence-corrected chi connectivity index (χ3v) is 2.48. The number of rotatable bonds is 3. The standard InChI is InChI=1S/C12H19N/c1-4-6-7-11-8-9-12(10(11)3)13-5-2/h4,6-7,12-13H,3,5,8-9H2,1-2H3. The highest BCUT2D eigenvalue weighted by Crippen LogP contribution is 2.29. The van der Waals surface area contributed by atoms with Crippen LogP contribution >= 0.6 is 0 Å². The van der Waals surface area contributed by atoms with E-state index in [9.17, 15) is 0 Å². The summed E-state index contributed by atoms with van der Waals surface area (Å²) in [4.78, 5) is 0. The first-order valence-electron chi connectivity index (χ1n) is 5.04. The van der Waals surface area contributed by atoms with Gasteiger partial charge < -0.3 is 5.32 Å². The van der Waals surface area contributed by atoms with Crippen molar-refractivity contribution < 1.29 is 0 Å². The van der Waals surface area contributed by atoms with E-state index in [1.807, 2.05) is 6.92 Å². The van der Waals surface area contributed by atoms with Crippen molar-refractivity contribution in [3.05, 3.63) is 36.0 Å². The van der Waals surface area contributed by atoms with Gasteiger partial charge in [0.15, 0.2) is 0 Å². The van der Waals surface area contributed by atoms with Gasteiger partial charge in [-0.05, 0) is 37.5 Å². The Hall–Kier alpha value is -0.820. The first-order chi connectivity index (χ1) is 6.29. The largest absolute Gasteiger partial charge is 0.310 e. The van der Waals surface area contributed by atoms with Crippen molar-refractivity contribution >= 4 is 0 Å². The molecule has 1 fully saturated rings. The fourth-order valence-corrected chi connectivity index (χ4v) is 1.73. The second-order valence-corrected chi connectivity index (χ2v) is 3.39. The summed E-state index contributed by atoms with van der Waals surface area (Å²) in [5.41, 5.74) is 2.68. The van der Waals surface area contributed by atoms with E-state index in [1.165, 1.54) is 24.0 Å². The predicted octanol–water partition coefficient (Wildman–Crippen LogP) is 2.82. The van der Waals surface area contributed by atoms with Gasteiger partial charge in [0.2, 0.25) is 0 Å². The van der Waals surface area contributed by atoms with E-state index in [4.69, 9.17) is 0 Å². The van der Waals surface area contributed by atoms with E-state index in [-0.39, 0.29) is 0 Å². The highest BCUT2D eigenvalue weighted by molar-refractivity contribution is 5.39. The van der Waals surface area contributed by atoms with Gasteiger partial charge in [-0.1, -0.05) is 31.7 Å². The minimum atomic E-state index is 0.515. The summed E-state index contributed by atoms with van der Waals surface area (Å²) in [6.07, 6.45) is 8.70. The minimum Gasteiger partial charge on any atom is -0.310 e. The summed E-state index contributed by atoms with van der Waals surface area (Å²) in [6.45, 7) is 9.33. The Balaban J connectivity index is 2.59. The molecule has 0 heterocycles. The number of hydrogen-bond donors (Lipinski definition) is 1. The van der Waals surface area contributed by atoms with Crippen LogP contribution in [0.25, 0.3) is 0 Å². The van der Waals surface area contributed by atoms with Crippen molar-refractivity contribution in [2.75, 3.05) is 6.54 Å². The van der Waals surface area contributed by atoms with Gasteiger partial charge in [-0.2, -0.15) is 0 Å². The summed E-state index contributed by atoms with van der Waals surface area (Å²) in [6, 6.07) is 0.515. The van der Waals surface area contributed by atoms with Crippen LogP contribution < -0.4 is 5.32 Å². The summed E-state index contributed by atoms with van der Waals surface area (Å²) in [5, 5.41) is 3.44. The van der Waals surface area contributed by atoms with E-state index >= 15 is 0 Å². The first-order valence-corrected chi connectivity index (χ1v) is 5.04. The van der Waals surface area contributed by atoms with Gasteiger partial charge in [0, 0.05) is 6.04 Å². The maximum atomic E-state index is 4.12. The van der Waals surface area contributed by atoms with Crippen LogP contribution in [-0.4, -0.2) is 12.6 Å². The monoisotopic (exact) mass is 177 g/mol. The maximum Gasteiger partial charge on any atom is 0.0320 e. The maximum absolute atomic E-state index is 4.12. The average Bonchev–Trinajstić information content (AvgIpc) is 2.46. The number of hydrogen-bond acceptors (Lipinski definition) is 1. The molecule has 0 saturated heterocycles. The molecule has 0 aromatic rings. The van der Waals surface area contributed by atoms with Crippen molar-refractivity contribution in [3.8, 4) is 0 Å². The summed E-state index contributed by atoms with van der Waals surface area (Å²) in [7, 11) is 0. The fourth-order valence-electron chi connectivity index (χ4n) is 1.73. The van der Waals surface area contributed by atoms with Crippen LogP contribution in [0.5, 0.6) is 0 Å². The Morgan fingerprint density at radius 1 is 1.62 bits per heavy atom. The van der Waals surface area contributed by atoms with E-state index < -0.39 is 0 Å². The quantitative estimate of drug-likeness (QED) is 0.699. The van der Waals surface area contributed by atoms with Gasteiger partial charge in [0.05, 0.1) is 0 Å². The minimum absolute atomic E-state index is 0.515. The second-order valence-electron chi connectivity index (χ2n) is 3.39. The van der Waals surface area contributed by atoms with Crippen molar-refractivity contribution in [1.29, 1.82) is 0 Å². The zero-order chi connectivity index (χ0) is 9.68. The van der Waals surface area contributed by atoms with Crippen molar-refractivity contribution in [1.82, 2.24) is 5.32 Å². The molecule has 72 valence electrons. The molecule has 0 aromatic carbocycles. The Morgan fingerprint density at radius 2 is 2.38 bits per heavy atom. The smallest absolute Gasteiger partial charge is 0.0320 e. The molecule has 1 aliphatic carbocycles. The molecule has 1 aliphatic rings. The molecular weight excluding hydrogens is 158 g/mol. The lowest BCUT2D eigenvalue weighted by atomic mass is 10.1. The molecule has 0 aliphatic heterocycles.